The molecule has 0 unspecified atom stereocenters. The van der Waals surface area contributed by atoms with E-state index in [1.807, 2.05) is 55.5 Å². The number of thioether (sulfide) groups is 1. The summed E-state index contributed by atoms with van der Waals surface area (Å²) in [5.41, 5.74) is 2.79. The molecule has 0 aliphatic rings. The first-order valence-corrected chi connectivity index (χ1v) is 11.4. The highest BCUT2D eigenvalue weighted by atomic mass is 32.2. The van der Waals surface area contributed by atoms with Crippen molar-refractivity contribution in [2.45, 2.75) is 38.0 Å². The van der Waals surface area contributed by atoms with Crippen LogP contribution in [0.5, 0.6) is 0 Å². The van der Waals surface area contributed by atoms with Crippen LogP contribution in [-0.2, 0) is 12.3 Å². The Morgan fingerprint density at radius 3 is 2.66 bits per heavy atom. The van der Waals surface area contributed by atoms with Crippen molar-refractivity contribution < 1.29 is 4.79 Å². The van der Waals surface area contributed by atoms with E-state index in [2.05, 4.69) is 29.1 Å². The van der Waals surface area contributed by atoms with E-state index in [0.29, 0.717) is 35.3 Å². The number of carbonyl (C=O) groups excluding carboxylic acids is 1. The molecule has 4 aromatic rings. The molecule has 0 saturated heterocycles. The maximum Gasteiger partial charge on any atom is 0.274 e. The van der Waals surface area contributed by atoms with Crippen LogP contribution in [0.25, 0.3) is 5.78 Å². The fourth-order valence-electron chi connectivity index (χ4n) is 3.45. The van der Waals surface area contributed by atoms with Gasteiger partial charge in [-0.25, -0.2) is 4.98 Å². The van der Waals surface area contributed by atoms with Gasteiger partial charge in [0.1, 0.15) is 6.33 Å². The number of rotatable bonds is 7. The van der Waals surface area contributed by atoms with E-state index in [4.69, 9.17) is 0 Å². The molecule has 7 nitrogen and oxygen atoms in total. The summed E-state index contributed by atoms with van der Waals surface area (Å²) in [6.45, 7) is 6.79. The maximum absolute atomic E-state index is 12.7. The van der Waals surface area contributed by atoms with Gasteiger partial charge in [-0.15, -0.1) is 11.8 Å². The number of para-hydroxylation sites is 1. The topological polar surface area (TPSA) is 81.3 Å². The van der Waals surface area contributed by atoms with E-state index >= 15 is 0 Å². The third-order valence-electron chi connectivity index (χ3n) is 4.95. The highest BCUT2D eigenvalue weighted by Crippen LogP contribution is 2.29. The molecule has 0 aliphatic heterocycles. The van der Waals surface area contributed by atoms with E-state index < -0.39 is 0 Å². The predicted molar refractivity (Wildman–Crippen MR) is 127 cm³/mol. The molecule has 0 bridgehead atoms. The minimum absolute atomic E-state index is 0.148. The summed E-state index contributed by atoms with van der Waals surface area (Å²) in [6, 6.07) is 16.7. The van der Waals surface area contributed by atoms with Gasteiger partial charge in [0.05, 0.1) is 11.4 Å². The van der Waals surface area contributed by atoms with Crippen molar-refractivity contribution in [2.75, 3.05) is 5.32 Å². The molecule has 0 saturated carbocycles. The second kappa shape index (κ2) is 9.40. The number of anilines is 1. The van der Waals surface area contributed by atoms with Crippen molar-refractivity contribution in [1.82, 2.24) is 19.2 Å². The van der Waals surface area contributed by atoms with Gasteiger partial charge >= 0.3 is 0 Å². The van der Waals surface area contributed by atoms with Gasteiger partial charge in [-0.05, 0) is 36.6 Å². The Morgan fingerprint density at radius 1 is 1.12 bits per heavy atom. The van der Waals surface area contributed by atoms with E-state index in [1.165, 1.54) is 16.3 Å². The molecule has 1 amide bonds. The maximum atomic E-state index is 12.7. The van der Waals surface area contributed by atoms with Gasteiger partial charge in [0.25, 0.3) is 17.2 Å². The monoisotopic (exact) mass is 447 g/mol. The Hall–Kier alpha value is -3.39. The zero-order chi connectivity index (χ0) is 22.7. The molecule has 2 heterocycles. The molecular formula is C24H25N5O2S. The minimum atomic E-state index is -0.148. The number of amides is 1. The summed E-state index contributed by atoms with van der Waals surface area (Å²) in [4.78, 5) is 35.2. The molecule has 1 N–H and O–H groups in total. The molecule has 2 aromatic heterocycles. The number of fused-ring (bicyclic) bond motifs is 1. The predicted octanol–water partition coefficient (Wildman–Crippen LogP) is 4.40. The van der Waals surface area contributed by atoms with Gasteiger partial charge in [0.2, 0.25) is 0 Å². The number of benzene rings is 2. The SMILES string of the molecule is Cc1ccccc1C(=O)Nc1ccccc1SCc1cc(=O)n2c(ncn2CC(C)C)n1. The zero-order valence-electron chi connectivity index (χ0n) is 18.3. The van der Waals surface area contributed by atoms with Crippen molar-refractivity contribution in [3.05, 3.63) is 88.1 Å². The van der Waals surface area contributed by atoms with Crippen molar-refractivity contribution in [1.29, 1.82) is 0 Å². The number of nitrogens with one attached hydrogen (secondary N) is 1. The number of carbonyl (C=O) groups is 1. The number of aryl methyl sites for hydroxylation is 1. The Labute approximate surface area is 190 Å². The van der Waals surface area contributed by atoms with Crippen LogP contribution in [0.15, 0.2) is 70.6 Å². The fourth-order valence-corrected chi connectivity index (χ4v) is 4.35. The van der Waals surface area contributed by atoms with Crippen LogP contribution in [-0.4, -0.2) is 25.1 Å². The van der Waals surface area contributed by atoms with Crippen LogP contribution in [0.4, 0.5) is 5.69 Å². The highest BCUT2D eigenvalue weighted by Gasteiger charge is 2.13. The average molecular weight is 448 g/mol. The molecular weight excluding hydrogens is 422 g/mol. The average Bonchev–Trinajstić information content (AvgIpc) is 3.16. The molecule has 4 rings (SSSR count). The van der Waals surface area contributed by atoms with Gasteiger partial charge in [-0.3, -0.25) is 14.3 Å². The van der Waals surface area contributed by atoms with Crippen LogP contribution < -0.4 is 10.9 Å². The fraction of sp³-hybridized carbons (Fsp3) is 0.250. The van der Waals surface area contributed by atoms with Gasteiger partial charge in [0, 0.05) is 28.8 Å². The molecule has 0 atom stereocenters. The van der Waals surface area contributed by atoms with Gasteiger partial charge in [-0.2, -0.15) is 9.50 Å². The Balaban J connectivity index is 1.52. The smallest absolute Gasteiger partial charge is 0.274 e. The summed E-state index contributed by atoms with van der Waals surface area (Å²) < 4.78 is 3.30. The highest BCUT2D eigenvalue weighted by molar-refractivity contribution is 7.98. The summed E-state index contributed by atoms with van der Waals surface area (Å²) >= 11 is 1.52. The van der Waals surface area contributed by atoms with Gasteiger partial charge < -0.3 is 5.32 Å². The molecule has 0 aliphatic carbocycles. The zero-order valence-corrected chi connectivity index (χ0v) is 19.1. The summed E-state index contributed by atoms with van der Waals surface area (Å²) in [6.07, 6.45) is 1.65. The van der Waals surface area contributed by atoms with Gasteiger partial charge in [0.15, 0.2) is 0 Å². The number of nitrogens with zero attached hydrogens (tertiary/aromatic N) is 4. The first-order chi connectivity index (χ1) is 15.4. The Bertz CT molecular complexity index is 1330. The quantitative estimate of drug-likeness (QED) is 0.425. The Morgan fingerprint density at radius 2 is 1.88 bits per heavy atom. The molecule has 0 radical (unpaired) electrons. The largest absolute Gasteiger partial charge is 0.321 e. The first-order valence-electron chi connectivity index (χ1n) is 10.5. The number of hydrogen-bond donors (Lipinski definition) is 1. The summed E-state index contributed by atoms with van der Waals surface area (Å²) in [5.74, 6) is 1.13. The van der Waals surface area contributed by atoms with E-state index in [0.717, 1.165) is 16.1 Å². The third kappa shape index (κ3) is 4.75. The molecule has 32 heavy (non-hydrogen) atoms. The second-order valence-electron chi connectivity index (χ2n) is 8.01. The lowest BCUT2D eigenvalue weighted by atomic mass is 10.1. The van der Waals surface area contributed by atoms with Crippen molar-refractivity contribution in [3.8, 4) is 0 Å². The lowest BCUT2D eigenvalue weighted by Crippen LogP contribution is -2.22. The van der Waals surface area contributed by atoms with E-state index in [-0.39, 0.29) is 11.5 Å². The normalized spacial score (nSPS) is 11.2. The summed E-state index contributed by atoms with van der Waals surface area (Å²) in [7, 11) is 0. The standard InChI is InChI=1S/C24H25N5O2S/c1-16(2)13-28-15-25-24-26-18(12-22(30)29(24)28)14-32-21-11-7-6-10-20(21)27-23(31)19-9-5-4-8-17(19)3/h4-12,15-16H,13-14H2,1-3H3,(H,27,31). The van der Waals surface area contributed by atoms with Crippen LogP contribution >= 0.6 is 11.8 Å². The van der Waals surface area contributed by atoms with Gasteiger partial charge in [-0.1, -0.05) is 44.2 Å². The Kier molecular flexibility index (Phi) is 6.41. The van der Waals surface area contributed by atoms with E-state index in [9.17, 15) is 9.59 Å². The molecule has 0 fully saturated rings. The first kappa shape index (κ1) is 21.8. The lowest BCUT2D eigenvalue weighted by molar-refractivity contribution is 0.102. The number of hydrogen-bond acceptors (Lipinski definition) is 5. The van der Waals surface area contributed by atoms with E-state index in [1.54, 1.807) is 17.1 Å². The van der Waals surface area contributed by atoms with Crippen LogP contribution in [0.2, 0.25) is 0 Å². The summed E-state index contributed by atoms with van der Waals surface area (Å²) in [5, 5.41) is 3.00. The van der Waals surface area contributed by atoms with Crippen LogP contribution in [0, 0.1) is 12.8 Å². The molecule has 2 aromatic carbocycles. The molecule has 0 spiro atoms. The van der Waals surface area contributed by atoms with Crippen LogP contribution in [0.3, 0.4) is 0 Å². The minimum Gasteiger partial charge on any atom is -0.321 e. The van der Waals surface area contributed by atoms with Crippen LogP contribution in [0.1, 0.15) is 35.5 Å². The lowest BCUT2D eigenvalue weighted by Gasteiger charge is -2.12. The molecule has 8 heteroatoms. The van der Waals surface area contributed by atoms with Crippen molar-refractivity contribution in [3.63, 3.8) is 0 Å². The number of aromatic nitrogens is 4. The third-order valence-corrected chi connectivity index (χ3v) is 6.06. The molecule has 164 valence electrons. The van der Waals surface area contributed by atoms with Crippen molar-refractivity contribution in [2.24, 2.45) is 5.92 Å². The van der Waals surface area contributed by atoms with Crippen molar-refractivity contribution >= 4 is 29.1 Å². The second-order valence-corrected chi connectivity index (χ2v) is 9.03.